The maximum atomic E-state index is 11.6. The molecule has 0 amide bonds. The first-order valence-corrected chi connectivity index (χ1v) is 8.80. The van der Waals surface area contributed by atoms with Crippen LogP contribution in [0.1, 0.15) is 38.0 Å². The number of hydrogen-bond donors (Lipinski definition) is 1. The molecule has 9 nitrogen and oxygen atoms in total. The molecule has 1 fully saturated rings. The Morgan fingerprint density at radius 3 is 3.04 bits per heavy atom. The molecule has 2 unspecified atom stereocenters. The summed E-state index contributed by atoms with van der Waals surface area (Å²) >= 11 is 0. The van der Waals surface area contributed by atoms with Gasteiger partial charge in [-0.3, -0.25) is 0 Å². The van der Waals surface area contributed by atoms with Crippen molar-refractivity contribution in [2.24, 2.45) is 0 Å². The predicted molar refractivity (Wildman–Crippen MR) is 92.7 cm³/mol. The standard InChI is InChI=1S/C17H24N4O5/c1-2-7-23-8-9-24-17(22)25-10-12-3-6-15(26-12)13-4-5-14-16(18)19-11-20-21(13)14/h4-5,11-12,15H,2-3,6-10H2,1H3,(H2,18,19,20). The smallest absolute Gasteiger partial charge is 0.432 e. The summed E-state index contributed by atoms with van der Waals surface area (Å²) in [6.45, 7) is 3.39. The van der Waals surface area contributed by atoms with Gasteiger partial charge in [-0.2, -0.15) is 5.10 Å². The first-order chi connectivity index (χ1) is 12.7. The maximum Gasteiger partial charge on any atom is 0.508 e. The highest BCUT2D eigenvalue weighted by Crippen LogP contribution is 2.33. The van der Waals surface area contributed by atoms with E-state index in [1.54, 1.807) is 4.52 Å². The second kappa shape index (κ2) is 8.81. The van der Waals surface area contributed by atoms with Gasteiger partial charge in [-0.25, -0.2) is 14.3 Å². The number of hydrogen-bond acceptors (Lipinski definition) is 8. The Balaban J connectivity index is 1.44. The van der Waals surface area contributed by atoms with Crippen molar-refractivity contribution in [1.29, 1.82) is 0 Å². The van der Waals surface area contributed by atoms with Crippen molar-refractivity contribution >= 4 is 17.5 Å². The van der Waals surface area contributed by atoms with Gasteiger partial charge < -0.3 is 24.7 Å². The number of rotatable bonds is 8. The number of fused-ring (bicyclic) bond motifs is 1. The molecule has 2 atom stereocenters. The molecule has 26 heavy (non-hydrogen) atoms. The SMILES string of the molecule is CCCOCCOC(=O)OCC1CCC(c2ccc3c(N)ncnn23)O1. The van der Waals surface area contributed by atoms with Gasteiger partial charge in [-0.15, -0.1) is 0 Å². The summed E-state index contributed by atoms with van der Waals surface area (Å²) in [5, 5.41) is 4.23. The Bertz CT molecular complexity index is 735. The Kier molecular flexibility index (Phi) is 6.24. The van der Waals surface area contributed by atoms with Gasteiger partial charge in [0.25, 0.3) is 0 Å². The molecule has 0 radical (unpaired) electrons. The van der Waals surface area contributed by atoms with Gasteiger partial charge in [0.15, 0.2) is 5.82 Å². The average Bonchev–Trinajstić information content (AvgIpc) is 3.27. The maximum absolute atomic E-state index is 11.6. The van der Waals surface area contributed by atoms with Gasteiger partial charge in [0.2, 0.25) is 0 Å². The summed E-state index contributed by atoms with van der Waals surface area (Å²) in [5.74, 6) is 0.426. The van der Waals surface area contributed by atoms with Crippen LogP contribution in [0.2, 0.25) is 0 Å². The largest absolute Gasteiger partial charge is 0.508 e. The Morgan fingerprint density at radius 2 is 2.19 bits per heavy atom. The van der Waals surface area contributed by atoms with Crippen LogP contribution in [0.4, 0.5) is 10.6 Å². The van der Waals surface area contributed by atoms with Crippen molar-refractivity contribution in [2.75, 3.05) is 32.2 Å². The van der Waals surface area contributed by atoms with Crippen molar-refractivity contribution < 1.29 is 23.7 Å². The van der Waals surface area contributed by atoms with Gasteiger partial charge >= 0.3 is 6.16 Å². The minimum Gasteiger partial charge on any atom is -0.432 e. The summed E-state index contributed by atoms with van der Waals surface area (Å²) in [5.41, 5.74) is 7.51. The molecule has 0 aliphatic carbocycles. The second-order valence-electron chi connectivity index (χ2n) is 6.05. The minimum absolute atomic E-state index is 0.126. The molecular weight excluding hydrogens is 340 g/mol. The lowest BCUT2D eigenvalue weighted by molar-refractivity contribution is -0.0227. The first kappa shape index (κ1) is 18.4. The number of aromatic nitrogens is 3. The third-order valence-electron chi connectivity index (χ3n) is 4.13. The quantitative estimate of drug-likeness (QED) is 0.560. The van der Waals surface area contributed by atoms with Crippen LogP contribution in [0, 0.1) is 0 Å². The molecule has 0 saturated carbocycles. The zero-order valence-electron chi connectivity index (χ0n) is 14.8. The molecule has 0 bridgehead atoms. The van der Waals surface area contributed by atoms with Crippen LogP contribution in [0.25, 0.3) is 5.52 Å². The van der Waals surface area contributed by atoms with E-state index >= 15 is 0 Å². The molecule has 1 aliphatic heterocycles. The summed E-state index contributed by atoms with van der Waals surface area (Å²) < 4.78 is 23.0. The van der Waals surface area contributed by atoms with Gasteiger partial charge in [0.1, 0.15) is 31.2 Å². The molecule has 3 rings (SSSR count). The van der Waals surface area contributed by atoms with Crippen LogP contribution in [0.3, 0.4) is 0 Å². The van der Waals surface area contributed by atoms with Crippen LogP contribution in [-0.4, -0.2) is 53.3 Å². The molecule has 3 heterocycles. The third-order valence-corrected chi connectivity index (χ3v) is 4.13. The number of nitrogen functional groups attached to an aromatic ring is 1. The van der Waals surface area contributed by atoms with E-state index in [1.165, 1.54) is 6.33 Å². The van der Waals surface area contributed by atoms with E-state index in [4.69, 9.17) is 24.7 Å². The third kappa shape index (κ3) is 4.41. The highest BCUT2D eigenvalue weighted by atomic mass is 16.7. The molecule has 142 valence electrons. The summed E-state index contributed by atoms with van der Waals surface area (Å²) in [7, 11) is 0. The van der Waals surface area contributed by atoms with Gasteiger partial charge in [-0.1, -0.05) is 6.92 Å². The molecule has 2 aromatic rings. The summed E-state index contributed by atoms with van der Waals surface area (Å²) in [4.78, 5) is 15.5. The van der Waals surface area contributed by atoms with Crippen LogP contribution >= 0.6 is 0 Å². The Hall–Kier alpha value is -2.39. The van der Waals surface area contributed by atoms with Crippen molar-refractivity contribution in [3.8, 4) is 0 Å². The lowest BCUT2D eigenvalue weighted by Crippen LogP contribution is -2.20. The van der Waals surface area contributed by atoms with Crippen molar-refractivity contribution in [3.63, 3.8) is 0 Å². The van der Waals surface area contributed by atoms with Crippen LogP contribution < -0.4 is 5.73 Å². The molecule has 9 heteroatoms. The molecule has 2 N–H and O–H groups in total. The zero-order chi connectivity index (χ0) is 18.4. The lowest BCUT2D eigenvalue weighted by atomic mass is 10.1. The van der Waals surface area contributed by atoms with Crippen molar-refractivity contribution in [1.82, 2.24) is 14.6 Å². The highest BCUT2D eigenvalue weighted by molar-refractivity contribution is 5.65. The van der Waals surface area contributed by atoms with Crippen molar-refractivity contribution in [3.05, 3.63) is 24.2 Å². The van der Waals surface area contributed by atoms with Crippen molar-refractivity contribution in [2.45, 2.75) is 38.4 Å². The number of nitrogens with two attached hydrogens (primary N) is 1. The lowest BCUT2D eigenvalue weighted by Gasteiger charge is -2.14. The number of anilines is 1. The van der Waals surface area contributed by atoms with E-state index < -0.39 is 6.16 Å². The van der Waals surface area contributed by atoms with Gasteiger partial charge in [0, 0.05) is 6.61 Å². The van der Waals surface area contributed by atoms with Gasteiger partial charge in [0.05, 0.1) is 18.4 Å². The van der Waals surface area contributed by atoms with E-state index in [0.717, 1.165) is 30.5 Å². The topological polar surface area (TPSA) is 110 Å². The van der Waals surface area contributed by atoms with E-state index in [-0.39, 0.29) is 25.4 Å². The fraction of sp³-hybridized carbons (Fsp3) is 0.588. The van der Waals surface area contributed by atoms with Crippen LogP contribution in [0.5, 0.6) is 0 Å². The second-order valence-corrected chi connectivity index (χ2v) is 6.05. The fourth-order valence-electron chi connectivity index (χ4n) is 2.90. The molecule has 0 spiro atoms. The predicted octanol–water partition coefficient (Wildman–Crippen LogP) is 2.11. The molecule has 1 aliphatic rings. The first-order valence-electron chi connectivity index (χ1n) is 8.80. The molecule has 2 aromatic heterocycles. The van der Waals surface area contributed by atoms with Gasteiger partial charge in [-0.05, 0) is 31.4 Å². The number of carbonyl (C=O) groups is 1. The normalized spacial score (nSPS) is 19.7. The monoisotopic (exact) mass is 364 g/mol. The molecular formula is C17H24N4O5. The van der Waals surface area contributed by atoms with E-state index in [0.29, 0.717) is 19.0 Å². The highest BCUT2D eigenvalue weighted by Gasteiger charge is 2.30. The summed E-state index contributed by atoms with van der Waals surface area (Å²) in [6.07, 6.45) is 2.94. The molecule has 1 saturated heterocycles. The zero-order valence-corrected chi connectivity index (χ0v) is 14.8. The fourth-order valence-corrected chi connectivity index (χ4v) is 2.90. The molecule has 0 aromatic carbocycles. The number of carbonyl (C=O) groups excluding carboxylic acids is 1. The van der Waals surface area contributed by atoms with E-state index in [9.17, 15) is 4.79 Å². The van der Waals surface area contributed by atoms with E-state index in [1.807, 2.05) is 19.1 Å². The Morgan fingerprint density at radius 1 is 1.31 bits per heavy atom. The van der Waals surface area contributed by atoms with Crippen LogP contribution in [0.15, 0.2) is 18.5 Å². The van der Waals surface area contributed by atoms with E-state index in [2.05, 4.69) is 10.1 Å². The Labute approximate surface area is 151 Å². The van der Waals surface area contributed by atoms with Crippen LogP contribution in [-0.2, 0) is 18.9 Å². The number of ether oxygens (including phenoxy) is 4. The summed E-state index contributed by atoms with van der Waals surface area (Å²) in [6, 6.07) is 3.80. The average molecular weight is 364 g/mol. The minimum atomic E-state index is -0.703. The number of nitrogens with zero attached hydrogens (tertiary/aromatic N) is 3.